The van der Waals surface area contributed by atoms with Crippen molar-refractivity contribution in [1.82, 2.24) is 0 Å². The van der Waals surface area contributed by atoms with E-state index < -0.39 is 15.6 Å². The second-order valence-corrected chi connectivity index (χ2v) is 19.4. The third-order valence-corrected chi connectivity index (χ3v) is 16.6. The number of rotatable bonds is 10. The van der Waals surface area contributed by atoms with Gasteiger partial charge in [0.2, 0.25) is 0 Å². The lowest BCUT2D eigenvalue weighted by atomic mass is 10.1. The van der Waals surface area contributed by atoms with Crippen molar-refractivity contribution in [3.63, 3.8) is 0 Å². The molecule has 0 spiro atoms. The van der Waals surface area contributed by atoms with E-state index in [1.54, 1.807) is 0 Å². The Kier molecular flexibility index (Phi) is 9.32. The monoisotopic (exact) mass is 503 g/mol. The predicted molar refractivity (Wildman–Crippen MR) is 161 cm³/mol. The van der Waals surface area contributed by atoms with Crippen molar-refractivity contribution >= 4 is 31.5 Å². The standard InChI is InChI=1S/C32H44OPSi/c1-8-28(33-35(6,7)32(3,4)5)25-24-27(2)26-34(29-18-12-9-13-19-29,30-20-14-10-15-21-30)31-22-16-11-17-23-31/h9-24,28H,8,25-26H2,1-7H3/q+1/b27-24+/t28-/m1/s1. The molecule has 1 atom stereocenters. The van der Waals surface area contributed by atoms with Crippen LogP contribution >= 0.6 is 7.26 Å². The van der Waals surface area contributed by atoms with Crippen LogP contribution in [0.5, 0.6) is 0 Å². The Bertz CT molecular complexity index is 972. The topological polar surface area (TPSA) is 9.23 Å². The number of hydrogen-bond donors (Lipinski definition) is 0. The van der Waals surface area contributed by atoms with Crippen molar-refractivity contribution in [2.45, 2.75) is 71.7 Å². The van der Waals surface area contributed by atoms with Gasteiger partial charge in [0.05, 0.1) is 6.16 Å². The molecule has 3 aromatic rings. The molecule has 0 aliphatic heterocycles. The van der Waals surface area contributed by atoms with Crippen molar-refractivity contribution < 1.29 is 4.43 Å². The molecule has 0 saturated heterocycles. The molecule has 35 heavy (non-hydrogen) atoms. The first kappa shape index (κ1) is 27.6. The highest BCUT2D eigenvalue weighted by atomic mass is 31.2. The summed E-state index contributed by atoms with van der Waals surface area (Å²) in [5.41, 5.74) is 1.45. The van der Waals surface area contributed by atoms with E-state index in [-0.39, 0.29) is 11.1 Å². The molecule has 0 aliphatic carbocycles. The maximum absolute atomic E-state index is 6.79. The minimum absolute atomic E-state index is 0.230. The summed E-state index contributed by atoms with van der Waals surface area (Å²) in [6.07, 6.45) is 5.82. The van der Waals surface area contributed by atoms with Crippen molar-refractivity contribution in [3.05, 3.63) is 103 Å². The summed E-state index contributed by atoms with van der Waals surface area (Å²) in [7, 11) is -3.63. The van der Waals surface area contributed by atoms with E-state index in [1.165, 1.54) is 21.5 Å². The van der Waals surface area contributed by atoms with Gasteiger partial charge in [-0.05, 0) is 79.9 Å². The fourth-order valence-electron chi connectivity index (χ4n) is 4.43. The summed E-state index contributed by atoms with van der Waals surface area (Å²) >= 11 is 0. The van der Waals surface area contributed by atoms with Crippen LogP contribution in [0.4, 0.5) is 0 Å². The maximum atomic E-state index is 6.79. The third kappa shape index (κ3) is 6.61. The van der Waals surface area contributed by atoms with E-state index in [0.717, 1.165) is 19.0 Å². The molecule has 1 nitrogen and oxygen atoms in total. The second-order valence-electron chi connectivity index (χ2n) is 11.2. The van der Waals surface area contributed by atoms with Crippen molar-refractivity contribution in [3.8, 4) is 0 Å². The zero-order valence-corrected chi connectivity index (χ0v) is 24.7. The summed E-state index contributed by atoms with van der Waals surface area (Å²) in [4.78, 5) is 0. The highest BCUT2D eigenvalue weighted by molar-refractivity contribution is 7.95. The lowest BCUT2D eigenvalue weighted by Crippen LogP contribution is -2.43. The van der Waals surface area contributed by atoms with Crippen LogP contribution in [0.1, 0.15) is 47.5 Å². The van der Waals surface area contributed by atoms with Crippen LogP contribution in [0.15, 0.2) is 103 Å². The fourth-order valence-corrected chi connectivity index (χ4v) is 10.2. The molecule has 0 unspecified atom stereocenters. The molecule has 0 saturated carbocycles. The van der Waals surface area contributed by atoms with Crippen LogP contribution in [0.25, 0.3) is 0 Å². The van der Waals surface area contributed by atoms with E-state index in [0.29, 0.717) is 0 Å². The Morgan fingerprint density at radius 2 is 1.20 bits per heavy atom. The average Bonchev–Trinajstić information content (AvgIpc) is 2.86. The van der Waals surface area contributed by atoms with E-state index in [1.807, 2.05) is 0 Å². The first-order valence-corrected chi connectivity index (χ1v) is 17.9. The van der Waals surface area contributed by atoms with E-state index in [2.05, 4.69) is 145 Å². The highest BCUT2D eigenvalue weighted by Gasteiger charge is 2.45. The van der Waals surface area contributed by atoms with Gasteiger partial charge in [0.15, 0.2) is 8.32 Å². The van der Waals surface area contributed by atoms with Crippen LogP contribution in [-0.2, 0) is 4.43 Å². The smallest absolute Gasteiger partial charge is 0.192 e. The van der Waals surface area contributed by atoms with Crippen LogP contribution < -0.4 is 15.9 Å². The van der Waals surface area contributed by atoms with Gasteiger partial charge in [0, 0.05) is 6.10 Å². The minimum Gasteiger partial charge on any atom is -0.414 e. The molecule has 3 aromatic carbocycles. The zero-order valence-electron chi connectivity index (χ0n) is 22.8. The molecular formula is C32H44OPSi+. The molecule has 0 fully saturated rings. The van der Waals surface area contributed by atoms with Crippen LogP contribution in [0.2, 0.25) is 18.1 Å². The zero-order chi connectivity index (χ0) is 25.5. The van der Waals surface area contributed by atoms with Gasteiger partial charge in [-0.1, -0.05) is 88.4 Å². The molecule has 0 aromatic heterocycles. The molecule has 186 valence electrons. The number of benzene rings is 3. The van der Waals surface area contributed by atoms with Gasteiger partial charge < -0.3 is 4.43 Å². The predicted octanol–water partition coefficient (Wildman–Crippen LogP) is 8.12. The fraction of sp³-hybridized carbons (Fsp3) is 0.375. The quantitative estimate of drug-likeness (QED) is 0.154. The number of allylic oxidation sites excluding steroid dienone is 1. The van der Waals surface area contributed by atoms with E-state index in [9.17, 15) is 0 Å². The molecule has 3 rings (SSSR count). The molecular weight excluding hydrogens is 459 g/mol. The van der Waals surface area contributed by atoms with Crippen LogP contribution in [0, 0.1) is 0 Å². The maximum Gasteiger partial charge on any atom is 0.192 e. The van der Waals surface area contributed by atoms with E-state index in [4.69, 9.17) is 4.43 Å². The summed E-state index contributed by atoms with van der Waals surface area (Å²) in [5.74, 6) is 0. The van der Waals surface area contributed by atoms with Crippen molar-refractivity contribution in [2.75, 3.05) is 6.16 Å². The molecule has 0 heterocycles. The SMILES string of the molecule is CC[C@H](C/C=C(\C)C[P+](c1ccccc1)(c1ccccc1)c1ccccc1)O[Si](C)(C)C(C)(C)C. The normalized spacial score (nSPS) is 14.1. The Hall–Kier alpha value is -1.99. The largest absolute Gasteiger partial charge is 0.414 e. The number of hydrogen-bond acceptors (Lipinski definition) is 1. The van der Waals surface area contributed by atoms with Gasteiger partial charge >= 0.3 is 0 Å². The summed E-state index contributed by atoms with van der Waals surface area (Å²) < 4.78 is 6.79. The van der Waals surface area contributed by atoms with Gasteiger partial charge in [0.1, 0.15) is 23.2 Å². The molecule has 0 bridgehead atoms. The van der Waals surface area contributed by atoms with Gasteiger partial charge in [0.25, 0.3) is 0 Å². The average molecular weight is 504 g/mol. The Morgan fingerprint density at radius 1 is 0.800 bits per heavy atom. The molecule has 0 radical (unpaired) electrons. The van der Waals surface area contributed by atoms with Crippen LogP contribution in [0.3, 0.4) is 0 Å². The second kappa shape index (κ2) is 11.8. The summed E-state index contributed by atoms with van der Waals surface area (Å²) in [6.45, 7) is 16.3. The lowest BCUT2D eigenvalue weighted by molar-refractivity contribution is 0.179. The van der Waals surface area contributed by atoms with Crippen molar-refractivity contribution in [2.24, 2.45) is 0 Å². The molecule has 0 amide bonds. The first-order valence-electron chi connectivity index (χ1n) is 13.0. The molecule has 0 N–H and O–H groups in total. The third-order valence-electron chi connectivity index (χ3n) is 7.53. The lowest BCUT2D eigenvalue weighted by Gasteiger charge is -2.39. The highest BCUT2D eigenvalue weighted by Crippen LogP contribution is 2.56. The minimum atomic E-state index is -1.85. The molecule has 3 heteroatoms. The Balaban J connectivity index is 2.00. The summed E-state index contributed by atoms with van der Waals surface area (Å²) in [5, 5.41) is 4.55. The van der Waals surface area contributed by atoms with Crippen LogP contribution in [-0.4, -0.2) is 20.6 Å². The van der Waals surface area contributed by atoms with E-state index >= 15 is 0 Å². The first-order chi connectivity index (χ1) is 16.6. The Morgan fingerprint density at radius 3 is 1.54 bits per heavy atom. The van der Waals surface area contributed by atoms with Gasteiger partial charge in [-0.15, -0.1) is 0 Å². The van der Waals surface area contributed by atoms with Crippen molar-refractivity contribution in [1.29, 1.82) is 0 Å². The van der Waals surface area contributed by atoms with Gasteiger partial charge in [-0.3, -0.25) is 0 Å². The van der Waals surface area contributed by atoms with Gasteiger partial charge in [-0.2, -0.15) is 0 Å². The molecule has 0 aliphatic rings. The summed E-state index contributed by atoms with van der Waals surface area (Å²) in [6, 6.07) is 33.5. The Labute approximate surface area is 216 Å². The van der Waals surface area contributed by atoms with Gasteiger partial charge in [-0.25, -0.2) is 0 Å².